The van der Waals surface area contributed by atoms with E-state index in [1.165, 1.54) is 0 Å². The number of hydrogen-bond acceptors (Lipinski definition) is 5. The molecule has 0 unspecified atom stereocenters. The summed E-state index contributed by atoms with van der Waals surface area (Å²) in [6.45, 7) is 1.66. The molecule has 0 amide bonds. The van der Waals surface area contributed by atoms with Gasteiger partial charge in [0, 0.05) is 38.1 Å². The third kappa shape index (κ3) is 3.67. The minimum atomic E-state index is -0.893. The minimum Gasteiger partial charge on any atom is -0.480 e. The number of carboxylic acid groups (broad SMARTS) is 1. The lowest BCUT2D eigenvalue weighted by atomic mass is 10.2. The van der Waals surface area contributed by atoms with Crippen LogP contribution in [-0.4, -0.2) is 69.8 Å². The van der Waals surface area contributed by atoms with E-state index in [9.17, 15) is 9.90 Å². The van der Waals surface area contributed by atoms with E-state index in [2.05, 4.69) is 9.88 Å². The number of halogens is 1. The Morgan fingerprint density at radius 3 is 3.00 bits per heavy atom. The largest absolute Gasteiger partial charge is 0.480 e. The molecule has 1 aliphatic rings. The average Bonchev–Trinajstić information content (AvgIpc) is 2.72. The van der Waals surface area contributed by atoms with E-state index in [1.807, 2.05) is 6.07 Å². The van der Waals surface area contributed by atoms with Crippen LogP contribution >= 0.6 is 11.6 Å². The lowest BCUT2D eigenvalue weighted by Gasteiger charge is -2.24. The van der Waals surface area contributed by atoms with Gasteiger partial charge in [-0.2, -0.15) is 0 Å². The van der Waals surface area contributed by atoms with Gasteiger partial charge in [0.25, 0.3) is 0 Å². The van der Waals surface area contributed by atoms with E-state index < -0.39 is 12.1 Å². The van der Waals surface area contributed by atoms with Gasteiger partial charge in [0.05, 0.1) is 17.7 Å². The van der Waals surface area contributed by atoms with Crippen LogP contribution in [0.3, 0.4) is 0 Å². The van der Waals surface area contributed by atoms with Gasteiger partial charge in [0.1, 0.15) is 0 Å². The Morgan fingerprint density at radius 2 is 2.35 bits per heavy atom. The predicted octanol–water partition coefficient (Wildman–Crippen LogP) is 0.296. The molecular formula is C13H18ClN3O3. The van der Waals surface area contributed by atoms with E-state index >= 15 is 0 Å². The Kier molecular flexibility index (Phi) is 4.93. The van der Waals surface area contributed by atoms with E-state index in [0.717, 1.165) is 5.56 Å². The quantitative estimate of drug-likeness (QED) is 0.814. The zero-order valence-corrected chi connectivity index (χ0v) is 12.0. The molecule has 1 aromatic rings. The molecule has 7 heteroatoms. The van der Waals surface area contributed by atoms with Crippen LogP contribution in [0.4, 0.5) is 0 Å². The first-order valence-corrected chi connectivity index (χ1v) is 6.76. The van der Waals surface area contributed by atoms with Crippen molar-refractivity contribution in [1.82, 2.24) is 14.8 Å². The molecule has 20 heavy (non-hydrogen) atoms. The summed E-state index contributed by atoms with van der Waals surface area (Å²) in [6.07, 6.45) is 2.72. The summed E-state index contributed by atoms with van der Waals surface area (Å²) in [7, 11) is 1.71. The molecule has 2 rings (SSSR count). The van der Waals surface area contributed by atoms with Crippen molar-refractivity contribution in [1.29, 1.82) is 0 Å². The van der Waals surface area contributed by atoms with Crippen LogP contribution in [0.1, 0.15) is 5.56 Å². The first-order chi connectivity index (χ1) is 9.47. The van der Waals surface area contributed by atoms with E-state index in [0.29, 0.717) is 24.7 Å². The predicted molar refractivity (Wildman–Crippen MR) is 74.6 cm³/mol. The number of hydrogen-bond donors (Lipinski definition) is 2. The van der Waals surface area contributed by atoms with Crippen molar-refractivity contribution in [3.05, 3.63) is 29.0 Å². The first kappa shape index (κ1) is 15.2. The third-order valence-corrected chi connectivity index (χ3v) is 3.88. The van der Waals surface area contributed by atoms with Gasteiger partial charge in [-0.3, -0.25) is 19.6 Å². The molecule has 2 heterocycles. The molecule has 1 saturated heterocycles. The van der Waals surface area contributed by atoms with Crippen LogP contribution in [0.15, 0.2) is 18.5 Å². The summed E-state index contributed by atoms with van der Waals surface area (Å²) in [5, 5.41) is 19.5. The van der Waals surface area contributed by atoms with Gasteiger partial charge < -0.3 is 10.2 Å². The van der Waals surface area contributed by atoms with E-state index in [1.54, 1.807) is 24.3 Å². The number of β-amino-alcohol motifs (C(OH)–C–C–N with tert-alkyl or cyclic N) is 1. The maximum atomic E-state index is 10.7. The van der Waals surface area contributed by atoms with Crippen LogP contribution < -0.4 is 0 Å². The topological polar surface area (TPSA) is 76.9 Å². The van der Waals surface area contributed by atoms with E-state index in [-0.39, 0.29) is 12.6 Å². The number of aromatic nitrogens is 1. The lowest BCUT2D eigenvalue weighted by Crippen LogP contribution is -2.43. The summed E-state index contributed by atoms with van der Waals surface area (Å²) in [4.78, 5) is 18.4. The van der Waals surface area contributed by atoms with Gasteiger partial charge in [0.15, 0.2) is 0 Å². The van der Waals surface area contributed by atoms with Crippen LogP contribution in [0.5, 0.6) is 0 Å². The summed E-state index contributed by atoms with van der Waals surface area (Å²) < 4.78 is 0. The first-order valence-electron chi connectivity index (χ1n) is 6.38. The van der Waals surface area contributed by atoms with Crippen molar-refractivity contribution in [2.24, 2.45) is 0 Å². The molecule has 6 nitrogen and oxygen atoms in total. The molecule has 0 spiro atoms. The van der Waals surface area contributed by atoms with Crippen LogP contribution in [0, 0.1) is 0 Å². The number of likely N-dealkylation sites (N-methyl/N-ethyl adjacent to an activating group) is 1. The zero-order valence-electron chi connectivity index (χ0n) is 11.2. The molecule has 2 atom stereocenters. The molecule has 1 aromatic heterocycles. The number of carbonyl (C=O) groups is 1. The monoisotopic (exact) mass is 299 g/mol. The number of nitrogens with zero attached hydrogens (tertiary/aromatic N) is 3. The summed E-state index contributed by atoms with van der Waals surface area (Å²) >= 11 is 6.07. The number of carboxylic acids is 1. The van der Waals surface area contributed by atoms with Gasteiger partial charge in [0.2, 0.25) is 0 Å². The fraction of sp³-hybridized carbons (Fsp3) is 0.538. The van der Waals surface area contributed by atoms with Crippen LogP contribution in [-0.2, 0) is 11.3 Å². The zero-order chi connectivity index (χ0) is 14.7. The number of likely N-dealkylation sites (tertiary alicyclic amines) is 1. The maximum Gasteiger partial charge on any atom is 0.317 e. The van der Waals surface area contributed by atoms with Crippen LogP contribution in [0.25, 0.3) is 0 Å². The molecule has 2 N–H and O–H groups in total. The standard InChI is InChI=1S/C13H18ClN3O3/c1-16(8-13(19)20)11-6-17(7-12(11)18)5-9-2-3-15-4-10(9)14/h2-4,11-12,18H,5-8H2,1H3,(H,19,20)/t11-,12-/m1/s1. The molecule has 1 fully saturated rings. The van der Waals surface area contributed by atoms with Crippen molar-refractivity contribution < 1.29 is 15.0 Å². The number of pyridine rings is 1. The minimum absolute atomic E-state index is 0.0778. The molecular weight excluding hydrogens is 282 g/mol. The highest BCUT2D eigenvalue weighted by atomic mass is 35.5. The smallest absolute Gasteiger partial charge is 0.317 e. The number of aliphatic hydroxyl groups is 1. The van der Waals surface area contributed by atoms with Gasteiger partial charge in [-0.05, 0) is 18.7 Å². The van der Waals surface area contributed by atoms with Crippen molar-refractivity contribution in [2.45, 2.75) is 18.7 Å². The summed E-state index contributed by atoms with van der Waals surface area (Å²) in [5.41, 5.74) is 0.954. The Balaban J connectivity index is 1.97. The highest BCUT2D eigenvalue weighted by molar-refractivity contribution is 6.31. The number of rotatable bonds is 5. The Labute approximate surface area is 122 Å². The summed E-state index contributed by atoms with van der Waals surface area (Å²) in [5.74, 6) is -0.893. The van der Waals surface area contributed by atoms with Crippen molar-refractivity contribution in [2.75, 3.05) is 26.7 Å². The molecule has 0 aromatic carbocycles. The van der Waals surface area contributed by atoms with Gasteiger partial charge >= 0.3 is 5.97 Å². The Bertz CT molecular complexity index is 486. The maximum absolute atomic E-state index is 10.7. The molecule has 0 radical (unpaired) electrons. The highest BCUT2D eigenvalue weighted by Crippen LogP contribution is 2.21. The normalized spacial score (nSPS) is 23.4. The molecule has 1 aliphatic heterocycles. The second-order valence-electron chi connectivity index (χ2n) is 5.10. The van der Waals surface area contributed by atoms with Gasteiger partial charge in [-0.1, -0.05) is 11.6 Å². The van der Waals surface area contributed by atoms with Crippen LogP contribution in [0.2, 0.25) is 5.02 Å². The fourth-order valence-electron chi connectivity index (χ4n) is 2.51. The van der Waals surface area contributed by atoms with E-state index in [4.69, 9.17) is 16.7 Å². The molecule has 0 bridgehead atoms. The van der Waals surface area contributed by atoms with Crippen molar-refractivity contribution in [3.63, 3.8) is 0 Å². The number of aliphatic hydroxyl groups excluding tert-OH is 1. The Hall–Kier alpha value is -1.21. The second kappa shape index (κ2) is 6.49. The molecule has 110 valence electrons. The molecule has 0 saturated carbocycles. The average molecular weight is 300 g/mol. The lowest BCUT2D eigenvalue weighted by molar-refractivity contribution is -0.138. The van der Waals surface area contributed by atoms with Crippen molar-refractivity contribution >= 4 is 17.6 Å². The van der Waals surface area contributed by atoms with Gasteiger partial charge in [-0.25, -0.2) is 0 Å². The van der Waals surface area contributed by atoms with Gasteiger partial charge in [-0.15, -0.1) is 0 Å². The summed E-state index contributed by atoms with van der Waals surface area (Å²) in [6, 6.07) is 1.68. The third-order valence-electron chi connectivity index (χ3n) is 3.54. The SMILES string of the molecule is CN(CC(=O)O)[C@@H]1CN(Cc2ccncc2Cl)C[C@H]1O. The Morgan fingerprint density at radius 1 is 1.60 bits per heavy atom. The molecule has 0 aliphatic carbocycles. The number of aliphatic carboxylic acids is 1. The van der Waals surface area contributed by atoms with Crippen molar-refractivity contribution in [3.8, 4) is 0 Å². The highest BCUT2D eigenvalue weighted by Gasteiger charge is 2.34. The fourth-order valence-corrected chi connectivity index (χ4v) is 2.69. The second-order valence-corrected chi connectivity index (χ2v) is 5.51.